The fraction of sp³-hybridized carbons (Fsp3) is 0.500. The molecular formula is C20H30N4O7S. The second-order valence-corrected chi connectivity index (χ2v) is 7.90. The lowest BCUT2D eigenvalue weighted by Gasteiger charge is -2.26. The molecule has 1 aromatic rings. The summed E-state index contributed by atoms with van der Waals surface area (Å²) in [7, 11) is 0. The number of hydrogen-bond acceptors (Lipinski definition) is 8. The van der Waals surface area contributed by atoms with Gasteiger partial charge in [-0.05, 0) is 23.6 Å². The van der Waals surface area contributed by atoms with E-state index in [0.717, 1.165) is 0 Å². The van der Waals surface area contributed by atoms with Crippen LogP contribution < -0.4 is 21.7 Å². The Balaban J connectivity index is 3.08. The lowest BCUT2D eigenvalue weighted by molar-refractivity contribution is -0.143. The maximum Gasteiger partial charge on any atom is 0.328 e. The van der Waals surface area contributed by atoms with Gasteiger partial charge in [0.05, 0.1) is 12.6 Å². The second kappa shape index (κ2) is 12.9. The Morgan fingerprint density at radius 2 is 1.53 bits per heavy atom. The van der Waals surface area contributed by atoms with Gasteiger partial charge in [-0.25, -0.2) is 4.79 Å². The number of carbonyl (C=O) groups is 4. The summed E-state index contributed by atoms with van der Waals surface area (Å²) in [6.07, 6.45) is -0.0372. The molecule has 8 N–H and O–H groups in total. The Kier molecular flexibility index (Phi) is 11.0. The van der Waals surface area contributed by atoms with Crippen LogP contribution in [0.1, 0.15) is 19.4 Å². The van der Waals surface area contributed by atoms with Crippen molar-refractivity contribution in [2.45, 2.75) is 44.4 Å². The number of benzene rings is 1. The smallest absolute Gasteiger partial charge is 0.328 e. The number of aliphatic carboxylic acids is 1. The monoisotopic (exact) mass is 470 g/mol. The summed E-state index contributed by atoms with van der Waals surface area (Å²) in [4.78, 5) is 48.9. The topological polar surface area (TPSA) is 191 Å². The second-order valence-electron chi connectivity index (χ2n) is 7.53. The summed E-state index contributed by atoms with van der Waals surface area (Å²) in [5.74, 6) is -3.81. The van der Waals surface area contributed by atoms with Gasteiger partial charge in [0.25, 0.3) is 0 Å². The Morgan fingerprint density at radius 3 is 2.00 bits per heavy atom. The highest BCUT2D eigenvalue weighted by Crippen LogP contribution is 2.12. The molecule has 0 aromatic heterocycles. The van der Waals surface area contributed by atoms with Gasteiger partial charge in [0, 0.05) is 12.2 Å². The predicted octanol–water partition coefficient (Wildman–Crippen LogP) is -1.62. The molecule has 0 saturated heterocycles. The van der Waals surface area contributed by atoms with Crippen LogP contribution in [0.3, 0.4) is 0 Å². The van der Waals surface area contributed by atoms with E-state index in [-0.39, 0.29) is 23.8 Å². The van der Waals surface area contributed by atoms with Crippen LogP contribution in [0.5, 0.6) is 5.75 Å². The minimum Gasteiger partial charge on any atom is -0.508 e. The van der Waals surface area contributed by atoms with Crippen LogP contribution in [-0.4, -0.2) is 75.5 Å². The summed E-state index contributed by atoms with van der Waals surface area (Å²) in [6.45, 7) is 2.54. The van der Waals surface area contributed by atoms with E-state index in [1.54, 1.807) is 13.8 Å². The number of carboxylic acid groups (broad SMARTS) is 1. The van der Waals surface area contributed by atoms with Gasteiger partial charge >= 0.3 is 5.97 Å². The summed E-state index contributed by atoms with van der Waals surface area (Å²) in [5.41, 5.74) is 6.21. The Bertz CT molecular complexity index is 804. The molecule has 178 valence electrons. The molecule has 12 heteroatoms. The van der Waals surface area contributed by atoms with Crippen LogP contribution >= 0.6 is 12.6 Å². The SMILES string of the molecule is CC(C)C(NC(=O)C(N)CS)C(=O)NC(Cc1ccc(O)cc1)C(=O)NC(CO)C(=O)O. The van der Waals surface area contributed by atoms with Gasteiger partial charge in [0.1, 0.15) is 23.9 Å². The van der Waals surface area contributed by atoms with Crippen molar-refractivity contribution in [2.24, 2.45) is 11.7 Å². The number of phenolic OH excluding ortho intramolecular Hbond substituents is 1. The Hall–Kier alpha value is -2.83. The van der Waals surface area contributed by atoms with Crippen LogP contribution in [-0.2, 0) is 25.6 Å². The predicted molar refractivity (Wildman–Crippen MR) is 119 cm³/mol. The quantitative estimate of drug-likeness (QED) is 0.167. The highest BCUT2D eigenvalue weighted by molar-refractivity contribution is 7.80. The van der Waals surface area contributed by atoms with Crippen LogP contribution in [0.25, 0.3) is 0 Å². The van der Waals surface area contributed by atoms with E-state index < -0.39 is 54.5 Å². The molecule has 1 aromatic carbocycles. The van der Waals surface area contributed by atoms with Crippen molar-refractivity contribution >= 4 is 36.3 Å². The number of aliphatic hydroxyl groups excluding tert-OH is 1. The minimum absolute atomic E-state index is 0.00752. The van der Waals surface area contributed by atoms with Crippen molar-refractivity contribution in [3.05, 3.63) is 29.8 Å². The molecule has 0 aliphatic heterocycles. The van der Waals surface area contributed by atoms with Crippen molar-refractivity contribution < 1.29 is 34.5 Å². The average molecular weight is 471 g/mol. The van der Waals surface area contributed by atoms with Crippen LogP contribution in [0.4, 0.5) is 0 Å². The van der Waals surface area contributed by atoms with Gasteiger partial charge < -0.3 is 37.0 Å². The number of thiol groups is 1. The van der Waals surface area contributed by atoms with Crippen molar-refractivity contribution in [2.75, 3.05) is 12.4 Å². The number of rotatable bonds is 12. The maximum absolute atomic E-state index is 12.9. The van der Waals surface area contributed by atoms with Crippen LogP contribution in [0.15, 0.2) is 24.3 Å². The maximum atomic E-state index is 12.9. The molecule has 0 bridgehead atoms. The number of hydrogen-bond donors (Lipinski definition) is 8. The first kappa shape index (κ1) is 27.2. The molecule has 0 spiro atoms. The van der Waals surface area contributed by atoms with Crippen LogP contribution in [0, 0.1) is 5.92 Å². The molecule has 0 aliphatic rings. The highest BCUT2D eigenvalue weighted by Gasteiger charge is 2.31. The summed E-state index contributed by atoms with van der Waals surface area (Å²) >= 11 is 3.96. The number of aliphatic hydroxyl groups is 1. The molecule has 0 heterocycles. The zero-order chi connectivity index (χ0) is 24.4. The minimum atomic E-state index is -1.56. The van der Waals surface area contributed by atoms with E-state index in [1.807, 2.05) is 0 Å². The Labute approximate surface area is 191 Å². The van der Waals surface area contributed by atoms with E-state index >= 15 is 0 Å². The average Bonchev–Trinajstić information content (AvgIpc) is 2.75. The lowest BCUT2D eigenvalue weighted by Crippen LogP contribution is -2.59. The third-order valence-electron chi connectivity index (χ3n) is 4.59. The molecule has 0 aliphatic carbocycles. The number of aromatic hydroxyl groups is 1. The number of phenols is 1. The van der Waals surface area contributed by atoms with E-state index in [2.05, 4.69) is 28.6 Å². The number of carbonyl (C=O) groups excluding carboxylic acids is 3. The first-order valence-electron chi connectivity index (χ1n) is 9.89. The van der Waals surface area contributed by atoms with Gasteiger partial charge in [-0.2, -0.15) is 12.6 Å². The van der Waals surface area contributed by atoms with Crippen molar-refractivity contribution in [1.29, 1.82) is 0 Å². The number of amides is 3. The van der Waals surface area contributed by atoms with Crippen molar-refractivity contribution in [3.63, 3.8) is 0 Å². The van der Waals surface area contributed by atoms with E-state index in [0.29, 0.717) is 5.56 Å². The normalized spacial score (nSPS) is 14.7. The molecule has 32 heavy (non-hydrogen) atoms. The third kappa shape index (κ3) is 8.36. The fourth-order valence-electron chi connectivity index (χ4n) is 2.67. The number of carboxylic acids is 1. The third-order valence-corrected chi connectivity index (χ3v) is 4.98. The molecule has 0 radical (unpaired) electrons. The summed E-state index contributed by atoms with van der Waals surface area (Å²) < 4.78 is 0. The molecule has 11 nitrogen and oxygen atoms in total. The summed E-state index contributed by atoms with van der Waals surface area (Å²) in [5, 5.41) is 34.9. The largest absolute Gasteiger partial charge is 0.508 e. The molecule has 0 saturated carbocycles. The van der Waals surface area contributed by atoms with E-state index in [9.17, 15) is 29.4 Å². The first-order chi connectivity index (χ1) is 15.0. The van der Waals surface area contributed by atoms with Gasteiger partial charge in [-0.1, -0.05) is 26.0 Å². The molecule has 0 fully saturated rings. The highest BCUT2D eigenvalue weighted by atomic mass is 32.1. The lowest BCUT2D eigenvalue weighted by atomic mass is 10.0. The standard InChI is InChI=1S/C20H30N4O7S/c1-10(2)16(24-17(27)13(21)9-32)19(29)22-14(7-11-3-5-12(26)6-4-11)18(28)23-15(8-25)20(30)31/h3-6,10,13-16,25-26,32H,7-9,21H2,1-2H3,(H,22,29)(H,23,28)(H,24,27)(H,30,31). The van der Waals surface area contributed by atoms with E-state index in [4.69, 9.17) is 10.8 Å². The molecule has 1 rings (SSSR count). The number of nitrogens with one attached hydrogen (secondary N) is 3. The first-order valence-corrected chi connectivity index (χ1v) is 10.5. The molecule has 3 amide bonds. The number of nitrogens with two attached hydrogens (primary N) is 1. The van der Waals surface area contributed by atoms with Crippen molar-refractivity contribution in [3.8, 4) is 5.75 Å². The molecular weight excluding hydrogens is 440 g/mol. The van der Waals surface area contributed by atoms with Gasteiger partial charge in [-0.15, -0.1) is 0 Å². The van der Waals surface area contributed by atoms with Crippen molar-refractivity contribution in [1.82, 2.24) is 16.0 Å². The van der Waals surface area contributed by atoms with Gasteiger partial charge in [0.15, 0.2) is 0 Å². The zero-order valence-electron chi connectivity index (χ0n) is 17.8. The van der Waals surface area contributed by atoms with Crippen LogP contribution in [0.2, 0.25) is 0 Å². The van der Waals surface area contributed by atoms with E-state index in [1.165, 1.54) is 24.3 Å². The molecule has 4 atom stereocenters. The fourth-order valence-corrected chi connectivity index (χ4v) is 2.84. The molecule has 4 unspecified atom stereocenters. The Morgan fingerprint density at radius 1 is 0.969 bits per heavy atom. The van der Waals surface area contributed by atoms with Gasteiger partial charge in [0.2, 0.25) is 17.7 Å². The zero-order valence-corrected chi connectivity index (χ0v) is 18.7. The summed E-state index contributed by atoms with van der Waals surface area (Å²) in [6, 6.07) is 1.14. The van der Waals surface area contributed by atoms with Gasteiger partial charge in [-0.3, -0.25) is 14.4 Å².